The van der Waals surface area contributed by atoms with Crippen molar-refractivity contribution in [1.82, 2.24) is 0 Å². The first-order valence-electron chi connectivity index (χ1n) is 8.47. The second-order valence-corrected chi connectivity index (χ2v) is 7.91. The molecule has 0 aliphatic carbocycles. The van der Waals surface area contributed by atoms with Gasteiger partial charge in [-0.25, -0.2) is 13.2 Å². The van der Waals surface area contributed by atoms with E-state index in [-0.39, 0.29) is 17.1 Å². The lowest BCUT2D eigenvalue weighted by Crippen LogP contribution is -2.23. The Kier molecular flexibility index (Phi) is 7.00. The highest BCUT2D eigenvalue weighted by Crippen LogP contribution is 2.26. The van der Waals surface area contributed by atoms with Gasteiger partial charge >= 0.3 is 5.97 Å². The molecule has 2 N–H and O–H groups in total. The lowest BCUT2D eigenvalue weighted by Gasteiger charge is -2.11. The molecule has 0 aliphatic rings. The zero-order chi connectivity index (χ0) is 21.6. The summed E-state index contributed by atoms with van der Waals surface area (Å²) in [4.78, 5) is 24.4. The van der Waals surface area contributed by atoms with Gasteiger partial charge in [0.1, 0.15) is 0 Å². The number of phenols is 1. The molecule has 0 aliphatic heterocycles. The van der Waals surface area contributed by atoms with Crippen LogP contribution >= 0.6 is 0 Å². The normalized spacial score (nSPS) is 12.4. The van der Waals surface area contributed by atoms with Gasteiger partial charge in [-0.3, -0.25) is 9.52 Å². The molecule has 2 aromatic rings. The van der Waals surface area contributed by atoms with Crippen LogP contribution in [0.5, 0.6) is 11.5 Å². The Bertz CT molecular complexity index is 1030. The van der Waals surface area contributed by atoms with E-state index in [0.717, 1.165) is 12.3 Å². The molecule has 8 nitrogen and oxygen atoms in total. The zero-order valence-corrected chi connectivity index (χ0v) is 16.9. The topological polar surface area (TPSA) is 119 Å². The van der Waals surface area contributed by atoms with Gasteiger partial charge in [0.25, 0.3) is 0 Å². The molecule has 0 unspecified atom stereocenters. The number of anilines is 1. The monoisotopic (exact) mass is 419 g/mol. The molecule has 0 bridgehead atoms. The first-order chi connectivity index (χ1) is 13.6. The number of nitrogens with one attached hydrogen (secondary N) is 1. The summed E-state index contributed by atoms with van der Waals surface area (Å²) >= 11 is 0. The van der Waals surface area contributed by atoms with Crippen LogP contribution in [0.1, 0.15) is 22.8 Å². The van der Waals surface area contributed by atoms with Crippen LogP contribution in [0.15, 0.2) is 48.5 Å². The number of benzene rings is 2. The number of phenolic OH excluding ortho intramolecular Hbond substituents is 1. The maximum atomic E-state index is 12.4. The molecule has 0 saturated carbocycles. The molecular weight excluding hydrogens is 398 g/mol. The van der Waals surface area contributed by atoms with Gasteiger partial charge in [0.05, 0.1) is 13.4 Å². The number of rotatable bonds is 8. The van der Waals surface area contributed by atoms with Crippen molar-refractivity contribution in [3.05, 3.63) is 59.7 Å². The van der Waals surface area contributed by atoms with Crippen LogP contribution in [0, 0.1) is 0 Å². The van der Waals surface area contributed by atoms with E-state index in [9.17, 15) is 23.1 Å². The van der Waals surface area contributed by atoms with Crippen molar-refractivity contribution in [2.45, 2.75) is 13.0 Å². The van der Waals surface area contributed by atoms with E-state index >= 15 is 0 Å². The number of sulfonamides is 1. The van der Waals surface area contributed by atoms with Gasteiger partial charge in [-0.1, -0.05) is 6.07 Å². The van der Waals surface area contributed by atoms with Crippen LogP contribution in [0.4, 0.5) is 5.69 Å². The lowest BCUT2D eigenvalue weighted by molar-refractivity contribution is -0.140. The predicted octanol–water partition coefficient (Wildman–Crippen LogP) is 2.60. The molecule has 2 aromatic carbocycles. The molecule has 0 heterocycles. The number of carbonyl (C=O) groups is 2. The quantitative estimate of drug-likeness (QED) is 0.383. The summed E-state index contributed by atoms with van der Waals surface area (Å²) in [5.74, 6) is -0.903. The number of aromatic hydroxyl groups is 1. The van der Waals surface area contributed by atoms with Gasteiger partial charge < -0.3 is 14.6 Å². The summed E-state index contributed by atoms with van der Waals surface area (Å²) in [6.07, 6.45) is 2.62. The number of hydrogen-bond donors (Lipinski definition) is 2. The van der Waals surface area contributed by atoms with E-state index in [0.29, 0.717) is 11.3 Å². The van der Waals surface area contributed by atoms with Crippen LogP contribution in [0.3, 0.4) is 0 Å². The molecule has 0 spiro atoms. The smallest absolute Gasteiger partial charge is 0.331 e. The summed E-state index contributed by atoms with van der Waals surface area (Å²) < 4.78 is 34.8. The third-order valence-corrected chi connectivity index (χ3v) is 4.36. The van der Waals surface area contributed by atoms with Crippen molar-refractivity contribution < 1.29 is 32.6 Å². The van der Waals surface area contributed by atoms with E-state index in [4.69, 9.17) is 9.47 Å². The van der Waals surface area contributed by atoms with Crippen LogP contribution in [0.25, 0.3) is 6.08 Å². The summed E-state index contributed by atoms with van der Waals surface area (Å²) in [6.45, 7) is 1.44. The van der Waals surface area contributed by atoms with Crippen molar-refractivity contribution in [3.8, 4) is 11.5 Å². The van der Waals surface area contributed by atoms with Gasteiger partial charge in [0.2, 0.25) is 15.8 Å². The van der Waals surface area contributed by atoms with E-state index in [2.05, 4.69) is 4.72 Å². The maximum absolute atomic E-state index is 12.4. The van der Waals surface area contributed by atoms with Crippen LogP contribution < -0.4 is 9.46 Å². The number of esters is 1. The average molecular weight is 419 g/mol. The maximum Gasteiger partial charge on any atom is 0.331 e. The fourth-order valence-corrected chi connectivity index (χ4v) is 2.94. The predicted molar refractivity (Wildman–Crippen MR) is 108 cm³/mol. The van der Waals surface area contributed by atoms with Crippen LogP contribution in [-0.2, 0) is 19.6 Å². The summed E-state index contributed by atoms with van der Waals surface area (Å²) in [7, 11) is -2.00. The van der Waals surface area contributed by atoms with Gasteiger partial charge in [-0.2, -0.15) is 0 Å². The molecule has 0 aromatic heterocycles. The zero-order valence-electron chi connectivity index (χ0n) is 16.1. The second-order valence-electron chi connectivity index (χ2n) is 6.16. The highest BCUT2D eigenvalue weighted by Gasteiger charge is 2.18. The Hall–Kier alpha value is -3.33. The Balaban J connectivity index is 1.99. The summed E-state index contributed by atoms with van der Waals surface area (Å²) in [6, 6.07) is 10.3. The molecule has 1 atom stereocenters. The Labute approximate surface area is 168 Å². The number of carbonyl (C=O) groups excluding carboxylic acids is 2. The van der Waals surface area contributed by atoms with Crippen molar-refractivity contribution >= 4 is 33.5 Å². The molecule has 154 valence electrons. The SMILES string of the molecule is COc1cc(/C=C/C(=O)O[C@H](C)C(=O)c2ccc(NS(C)(=O)=O)cc2)ccc1O. The minimum atomic E-state index is -3.41. The fourth-order valence-electron chi connectivity index (χ4n) is 2.38. The molecule has 0 saturated heterocycles. The summed E-state index contributed by atoms with van der Waals surface area (Å²) in [5, 5.41) is 9.56. The highest BCUT2D eigenvalue weighted by atomic mass is 32.2. The third-order valence-electron chi connectivity index (χ3n) is 3.75. The van der Waals surface area contributed by atoms with E-state index in [1.807, 2.05) is 0 Å². The van der Waals surface area contributed by atoms with Crippen LogP contribution in [-0.4, -0.2) is 44.7 Å². The largest absolute Gasteiger partial charge is 0.504 e. The van der Waals surface area contributed by atoms with Crippen molar-refractivity contribution in [3.63, 3.8) is 0 Å². The van der Waals surface area contributed by atoms with E-state index in [1.54, 1.807) is 12.1 Å². The molecule has 29 heavy (non-hydrogen) atoms. The Morgan fingerprint density at radius 2 is 1.79 bits per heavy atom. The standard InChI is InChI=1S/C20H21NO7S/c1-13(20(24)15-6-8-16(9-7-15)21-29(3,25)26)28-19(23)11-5-14-4-10-17(22)18(12-14)27-2/h4-13,21-22H,1-3H3/b11-5+/t13-/m1/s1. The minimum absolute atomic E-state index is 0.0239. The fraction of sp³-hybridized carbons (Fsp3) is 0.200. The molecule has 0 amide bonds. The second kappa shape index (κ2) is 9.24. The Morgan fingerprint density at radius 3 is 2.38 bits per heavy atom. The Morgan fingerprint density at radius 1 is 1.14 bits per heavy atom. The molecule has 0 fully saturated rings. The van der Waals surface area contributed by atoms with Gasteiger partial charge in [-0.15, -0.1) is 0 Å². The number of Topliss-reactive ketones (excluding diaryl/α,β-unsaturated/α-hetero) is 1. The summed E-state index contributed by atoms with van der Waals surface area (Å²) in [5.41, 5.74) is 1.20. The molecular formula is C20H21NO7S. The van der Waals surface area contributed by atoms with Gasteiger partial charge in [0.15, 0.2) is 17.6 Å². The average Bonchev–Trinajstić information content (AvgIpc) is 2.66. The molecule has 2 rings (SSSR count). The van der Waals surface area contributed by atoms with Crippen LogP contribution in [0.2, 0.25) is 0 Å². The third kappa shape index (κ3) is 6.65. The molecule has 9 heteroatoms. The van der Waals surface area contributed by atoms with Crippen molar-refractivity contribution in [1.29, 1.82) is 0 Å². The number of ketones is 1. The van der Waals surface area contributed by atoms with Gasteiger partial charge in [-0.05, 0) is 55.0 Å². The number of ether oxygens (including phenoxy) is 2. The van der Waals surface area contributed by atoms with E-state index < -0.39 is 27.9 Å². The lowest BCUT2D eigenvalue weighted by atomic mass is 10.1. The van der Waals surface area contributed by atoms with Crippen molar-refractivity contribution in [2.75, 3.05) is 18.1 Å². The first kappa shape index (κ1) is 22.0. The number of methoxy groups -OCH3 is 1. The minimum Gasteiger partial charge on any atom is -0.504 e. The number of hydrogen-bond acceptors (Lipinski definition) is 7. The highest BCUT2D eigenvalue weighted by molar-refractivity contribution is 7.92. The van der Waals surface area contributed by atoms with Gasteiger partial charge in [0, 0.05) is 17.3 Å². The molecule has 0 radical (unpaired) electrons. The van der Waals surface area contributed by atoms with E-state index in [1.165, 1.54) is 50.4 Å². The first-order valence-corrected chi connectivity index (χ1v) is 10.4. The van der Waals surface area contributed by atoms with Crippen molar-refractivity contribution in [2.24, 2.45) is 0 Å².